The van der Waals surface area contributed by atoms with Gasteiger partial charge in [-0.15, -0.1) is 0 Å². The Bertz CT molecular complexity index is 581. The van der Waals surface area contributed by atoms with Crippen molar-refractivity contribution in [1.82, 2.24) is 10.2 Å². The van der Waals surface area contributed by atoms with Gasteiger partial charge in [-0.2, -0.15) is 5.10 Å². The number of hydrogen-bond acceptors (Lipinski definition) is 3. The first-order valence-corrected chi connectivity index (χ1v) is 7.69. The van der Waals surface area contributed by atoms with Gasteiger partial charge in [0, 0.05) is 22.7 Å². The number of aromatic amines is 1. The van der Waals surface area contributed by atoms with Crippen molar-refractivity contribution in [3.05, 3.63) is 40.5 Å². The molecule has 21 heavy (non-hydrogen) atoms. The molecule has 0 aliphatic carbocycles. The number of carbonyl (C=O) groups excluding carboxylic acids is 1. The number of carbonyl (C=O) groups is 1. The third-order valence-corrected chi connectivity index (χ3v) is 3.44. The number of anilines is 1. The van der Waals surface area contributed by atoms with Crippen LogP contribution in [0.25, 0.3) is 0 Å². The molecule has 2 rings (SSSR count). The molecule has 0 unspecified atom stereocenters. The van der Waals surface area contributed by atoms with E-state index in [2.05, 4.69) is 31.4 Å². The maximum absolute atomic E-state index is 11.7. The van der Waals surface area contributed by atoms with Gasteiger partial charge in [0.05, 0.1) is 6.61 Å². The molecular weight excluding hydrogens is 334 g/mol. The van der Waals surface area contributed by atoms with Gasteiger partial charge in [-0.25, -0.2) is 0 Å². The summed E-state index contributed by atoms with van der Waals surface area (Å²) in [7, 11) is 0. The second-order valence-electron chi connectivity index (χ2n) is 4.59. The van der Waals surface area contributed by atoms with E-state index < -0.39 is 0 Å². The Kier molecular flexibility index (Phi) is 5.80. The SMILES string of the molecule is CCc1cc(NC(=O)CCCOc2ccc(Br)cc2)n[nH]1. The second kappa shape index (κ2) is 7.83. The van der Waals surface area contributed by atoms with Crippen LogP contribution in [0.5, 0.6) is 5.75 Å². The molecule has 6 heteroatoms. The van der Waals surface area contributed by atoms with Crippen molar-refractivity contribution in [2.45, 2.75) is 26.2 Å². The Morgan fingerprint density at radius 1 is 1.38 bits per heavy atom. The van der Waals surface area contributed by atoms with Crippen molar-refractivity contribution in [3.8, 4) is 5.75 Å². The summed E-state index contributed by atoms with van der Waals surface area (Å²) in [6.45, 7) is 2.54. The van der Waals surface area contributed by atoms with Crippen LogP contribution in [0.3, 0.4) is 0 Å². The maximum Gasteiger partial charge on any atom is 0.225 e. The van der Waals surface area contributed by atoms with Crippen LogP contribution in [-0.2, 0) is 11.2 Å². The van der Waals surface area contributed by atoms with E-state index >= 15 is 0 Å². The molecule has 0 aliphatic heterocycles. The van der Waals surface area contributed by atoms with Crippen molar-refractivity contribution < 1.29 is 9.53 Å². The number of rotatable bonds is 7. The van der Waals surface area contributed by atoms with Crippen LogP contribution in [0, 0.1) is 0 Å². The number of ether oxygens (including phenoxy) is 1. The Morgan fingerprint density at radius 3 is 2.81 bits per heavy atom. The summed E-state index contributed by atoms with van der Waals surface area (Å²) in [6, 6.07) is 9.46. The molecule has 112 valence electrons. The number of H-pyrrole nitrogens is 1. The highest BCUT2D eigenvalue weighted by molar-refractivity contribution is 9.10. The summed E-state index contributed by atoms with van der Waals surface area (Å²) in [5, 5.41) is 9.64. The lowest BCUT2D eigenvalue weighted by Crippen LogP contribution is -2.13. The van der Waals surface area contributed by atoms with Gasteiger partial charge < -0.3 is 10.1 Å². The highest BCUT2D eigenvalue weighted by Gasteiger charge is 2.05. The zero-order chi connectivity index (χ0) is 15.1. The van der Waals surface area contributed by atoms with E-state index in [-0.39, 0.29) is 5.91 Å². The van der Waals surface area contributed by atoms with Crippen LogP contribution in [0.1, 0.15) is 25.5 Å². The van der Waals surface area contributed by atoms with Gasteiger partial charge in [0.1, 0.15) is 5.75 Å². The number of aromatic nitrogens is 2. The topological polar surface area (TPSA) is 67.0 Å². The molecule has 5 nitrogen and oxygen atoms in total. The molecule has 0 spiro atoms. The van der Waals surface area contributed by atoms with Crippen LogP contribution < -0.4 is 10.1 Å². The summed E-state index contributed by atoms with van der Waals surface area (Å²) in [4.78, 5) is 11.7. The zero-order valence-electron chi connectivity index (χ0n) is 11.9. The van der Waals surface area contributed by atoms with Crippen LogP contribution in [-0.4, -0.2) is 22.7 Å². The minimum absolute atomic E-state index is 0.0523. The molecule has 1 aromatic carbocycles. The average molecular weight is 352 g/mol. The van der Waals surface area contributed by atoms with E-state index in [0.29, 0.717) is 25.3 Å². The molecule has 0 radical (unpaired) electrons. The fourth-order valence-electron chi connectivity index (χ4n) is 1.77. The normalized spacial score (nSPS) is 10.4. The number of nitrogens with one attached hydrogen (secondary N) is 2. The highest BCUT2D eigenvalue weighted by atomic mass is 79.9. The van der Waals surface area contributed by atoms with E-state index in [0.717, 1.165) is 22.3 Å². The molecule has 1 aromatic heterocycles. The minimum atomic E-state index is -0.0523. The molecular formula is C15H18BrN3O2. The molecule has 0 fully saturated rings. The molecule has 0 saturated carbocycles. The van der Waals surface area contributed by atoms with Gasteiger partial charge in [-0.05, 0) is 37.1 Å². The van der Waals surface area contributed by atoms with Crippen molar-refractivity contribution in [2.24, 2.45) is 0 Å². The van der Waals surface area contributed by atoms with Gasteiger partial charge in [-0.1, -0.05) is 22.9 Å². The van der Waals surface area contributed by atoms with E-state index in [1.54, 1.807) is 0 Å². The molecule has 0 saturated heterocycles. The van der Waals surface area contributed by atoms with Gasteiger partial charge in [0.15, 0.2) is 5.82 Å². The van der Waals surface area contributed by atoms with E-state index in [4.69, 9.17) is 4.74 Å². The smallest absolute Gasteiger partial charge is 0.225 e. The van der Waals surface area contributed by atoms with E-state index in [1.165, 1.54) is 0 Å². The predicted molar refractivity (Wildman–Crippen MR) is 85.5 cm³/mol. The van der Waals surface area contributed by atoms with Crippen LogP contribution in [0.4, 0.5) is 5.82 Å². The standard InChI is InChI=1S/C15H18BrN3O2/c1-2-12-10-14(19-18-12)17-15(20)4-3-9-21-13-7-5-11(16)6-8-13/h5-8,10H,2-4,9H2,1H3,(H2,17,18,19,20). The number of aryl methyl sites for hydroxylation is 1. The first-order valence-electron chi connectivity index (χ1n) is 6.90. The Hall–Kier alpha value is -1.82. The van der Waals surface area contributed by atoms with Crippen LogP contribution in [0.2, 0.25) is 0 Å². The van der Waals surface area contributed by atoms with Gasteiger partial charge in [-0.3, -0.25) is 9.89 Å². The first-order chi connectivity index (χ1) is 10.2. The molecule has 0 bridgehead atoms. The van der Waals surface area contributed by atoms with E-state index in [1.807, 2.05) is 37.3 Å². The third kappa shape index (κ3) is 5.23. The summed E-state index contributed by atoms with van der Waals surface area (Å²) >= 11 is 3.37. The zero-order valence-corrected chi connectivity index (χ0v) is 13.4. The van der Waals surface area contributed by atoms with Crippen molar-refractivity contribution in [2.75, 3.05) is 11.9 Å². The number of halogens is 1. The molecule has 2 aromatic rings. The van der Waals surface area contributed by atoms with Crippen molar-refractivity contribution >= 4 is 27.7 Å². The largest absolute Gasteiger partial charge is 0.494 e. The number of hydrogen-bond donors (Lipinski definition) is 2. The van der Waals surface area contributed by atoms with Gasteiger partial charge in [0.25, 0.3) is 0 Å². The Morgan fingerprint density at radius 2 is 2.14 bits per heavy atom. The lowest BCUT2D eigenvalue weighted by atomic mass is 10.3. The number of benzene rings is 1. The van der Waals surface area contributed by atoms with Crippen LogP contribution in [0.15, 0.2) is 34.8 Å². The number of nitrogens with zero attached hydrogens (tertiary/aromatic N) is 1. The summed E-state index contributed by atoms with van der Waals surface area (Å²) in [5.41, 5.74) is 1.00. The maximum atomic E-state index is 11.7. The quantitative estimate of drug-likeness (QED) is 0.749. The average Bonchev–Trinajstić information content (AvgIpc) is 2.93. The van der Waals surface area contributed by atoms with Crippen molar-refractivity contribution in [1.29, 1.82) is 0 Å². The fourth-order valence-corrected chi connectivity index (χ4v) is 2.03. The molecule has 2 N–H and O–H groups in total. The van der Waals surface area contributed by atoms with E-state index in [9.17, 15) is 4.79 Å². The Labute approximate surface area is 132 Å². The molecule has 1 heterocycles. The first kappa shape index (κ1) is 15.6. The predicted octanol–water partition coefficient (Wildman–Crippen LogP) is 3.53. The second-order valence-corrected chi connectivity index (χ2v) is 5.50. The van der Waals surface area contributed by atoms with Gasteiger partial charge >= 0.3 is 0 Å². The molecule has 1 amide bonds. The highest BCUT2D eigenvalue weighted by Crippen LogP contribution is 2.16. The molecule has 0 aliphatic rings. The summed E-state index contributed by atoms with van der Waals surface area (Å²) in [5.74, 6) is 1.33. The minimum Gasteiger partial charge on any atom is -0.494 e. The number of amides is 1. The van der Waals surface area contributed by atoms with Crippen LogP contribution >= 0.6 is 15.9 Å². The monoisotopic (exact) mass is 351 g/mol. The lowest BCUT2D eigenvalue weighted by molar-refractivity contribution is -0.116. The third-order valence-electron chi connectivity index (χ3n) is 2.91. The molecule has 0 atom stereocenters. The Balaban J connectivity index is 1.66. The fraction of sp³-hybridized carbons (Fsp3) is 0.333. The van der Waals surface area contributed by atoms with Gasteiger partial charge in [0.2, 0.25) is 5.91 Å². The van der Waals surface area contributed by atoms with Crippen molar-refractivity contribution in [3.63, 3.8) is 0 Å². The summed E-state index contributed by atoms with van der Waals surface area (Å²) < 4.78 is 6.57. The summed E-state index contributed by atoms with van der Waals surface area (Å²) in [6.07, 6.45) is 1.93. The lowest BCUT2D eigenvalue weighted by Gasteiger charge is -2.06.